The van der Waals surface area contributed by atoms with Crippen LogP contribution in [-0.4, -0.2) is 36.0 Å². The van der Waals surface area contributed by atoms with Gasteiger partial charge in [0.15, 0.2) is 0 Å². The number of benzene rings is 2. The quantitative estimate of drug-likeness (QED) is 0.785. The molecule has 0 radical (unpaired) electrons. The molecule has 0 aliphatic carbocycles. The summed E-state index contributed by atoms with van der Waals surface area (Å²) >= 11 is 0. The fraction of sp³-hybridized carbons (Fsp3) is 0.158. The summed E-state index contributed by atoms with van der Waals surface area (Å²) in [7, 11) is 1.68. The van der Waals surface area contributed by atoms with Crippen molar-refractivity contribution in [2.24, 2.45) is 0 Å². The van der Waals surface area contributed by atoms with Crippen molar-refractivity contribution in [2.75, 3.05) is 20.2 Å². The fourth-order valence-corrected chi connectivity index (χ4v) is 2.45. The van der Waals surface area contributed by atoms with Crippen LogP contribution in [0.15, 0.2) is 65.5 Å². The summed E-state index contributed by atoms with van der Waals surface area (Å²) in [6.45, 7) is 0.798. The lowest BCUT2D eigenvalue weighted by Gasteiger charge is -2.17. The van der Waals surface area contributed by atoms with E-state index in [4.69, 9.17) is 4.74 Å². The number of hydrogen-bond donors (Lipinski definition) is 1. The summed E-state index contributed by atoms with van der Waals surface area (Å²) in [6.07, 6.45) is 0. The summed E-state index contributed by atoms with van der Waals surface area (Å²) in [6, 6.07) is 18.3. The smallest absolute Gasteiger partial charge is 0.270 e. The minimum atomic E-state index is -0.259. The van der Waals surface area contributed by atoms with E-state index in [1.807, 2.05) is 42.5 Å². The predicted octanol–water partition coefficient (Wildman–Crippen LogP) is 2.68. The Kier molecular flexibility index (Phi) is 4.61. The van der Waals surface area contributed by atoms with Gasteiger partial charge in [-0.1, -0.05) is 36.4 Å². The zero-order valence-electron chi connectivity index (χ0n) is 13.4. The van der Waals surface area contributed by atoms with Gasteiger partial charge in [-0.25, -0.2) is 0 Å². The lowest BCUT2D eigenvalue weighted by Crippen LogP contribution is -2.32. The average molecular weight is 322 g/mol. The van der Waals surface area contributed by atoms with E-state index in [2.05, 4.69) is 4.98 Å². The van der Waals surface area contributed by atoms with Gasteiger partial charge in [0.1, 0.15) is 18.1 Å². The van der Waals surface area contributed by atoms with Crippen LogP contribution in [0.4, 0.5) is 0 Å². The van der Waals surface area contributed by atoms with E-state index in [0.29, 0.717) is 18.5 Å². The third-order valence-electron chi connectivity index (χ3n) is 3.77. The Morgan fingerprint density at radius 3 is 2.58 bits per heavy atom. The predicted molar refractivity (Wildman–Crippen MR) is 93.5 cm³/mol. The van der Waals surface area contributed by atoms with Gasteiger partial charge >= 0.3 is 0 Å². The van der Waals surface area contributed by atoms with Gasteiger partial charge in [-0.3, -0.25) is 9.59 Å². The molecule has 5 heteroatoms. The topological polar surface area (TPSA) is 62.4 Å². The molecule has 24 heavy (non-hydrogen) atoms. The number of likely N-dealkylation sites (N-methyl/N-ethyl adjacent to an activating group) is 1. The number of para-hydroxylation sites is 1. The molecule has 0 unspecified atom stereocenters. The van der Waals surface area contributed by atoms with Gasteiger partial charge in [0.05, 0.1) is 6.54 Å². The summed E-state index contributed by atoms with van der Waals surface area (Å²) in [5, 5.41) is 1.32. The Bertz CT molecular complexity index is 903. The number of nitrogens with one attached hydrogen (secondary N) is 1. The second-order valence-electron chi connectivity index (χ2n) is 5.49. The lowest BCUT2D eigenvalue weighted by atomic mass is 10.1. The Balaban J connectivity index is 1.68. The molecule has 2 aromatic carbocycles. The molecule has 0 atom stereocenters. The third-order valence-corrected chi connectivity index (χ3v) is 3.77. The number of pyridine rings is 1. The number of fused-ring (bicyclic) bond motifs is 1. The number of ether oxygens (including phenoxy) is 1. The van der Waals surface area contributed by atoms with Crippen molar-refractivity contribution in [1.29, 1.82) is 0 Å². The van der Waals surface area contributed by atoms with Crippen LogP contribution in [0.5, 0.6) is 5.75 Å². The van der Waals surface area contributed by atoms with Gasteiger partial charge in [0, 0.05) is 12.4 Å². The fourth-order valence-electron chi connectivity index (χ4n) is 2.45. The molecule has 0 aliphatic rings. The molecule has 1 N–H and O–H groups in total. The summed E-state index contributed by atoms with van der Waals surface area (Å²) in [5.41, 5.74) is 0.0197. The van der Waals surface area contributed by atoms with E-state index in [-0.39, 0.29) is 17.2 Å². The van der Waals surface area contributed by atoms with Crippen molar-refractivity contribution < 1.29 is 9.53 Å². The molecule has 3 rings (SSSR count). The van der Waals surface area contributed by atoms with Gasteiger partial charge in [-0.2, -0.15) is 0 Å². The summed E-state index contributed by atoms with van der Waals surface area (Å²) in [5.74, 6) is 0.520. The second-order valence-corrected chi connectivity index (χ2v) is 5.49. The SMILES string of the molecule is CN(CCOc1ccccc1)C(=O)c1cc2ccccc2c(=O)[nH]1. The van der Waals surface area contributed by atoms with Gasteiger partial charge in [0.25, 0.3) is 11.5 Å². The minimum absolute atomic E-state index is 0.241. The van der Waals surface area contributed by atoms with Crippen LogP contribution >= 0.6 is 0 Å². The van der Waals surface area contributed by atoms with Crippen molar-refractivity contribution in [1.82, 2.24) is 9.88 Å². The van der Waals surface area contributed by atoms with E-state index in [1.54, 1.807) is 25.2 Å². The van der Waals surface area contributed by atoms with E-state index in [1.165, 1.54) is 4.90 Å². The molecular formula is C19H18N2O3. The minimum Gasteiger partial charge on any atom is -0.492 e. The zero-order chi connectivity index (χ0) is 16.9. The number of aromatic amines is 1. The molecule has 0 saturated carbocycles. The third kappa shape index (κ3) is 3.46. The standard InChI is InChI=1S/C19H18N2O3/c1-21(11-12-24-15-8-3-2-4-9-15)19(23)17-13-14-7-5-6-10-16(14)18(22)20-17/h2-10,13H,11-12H2,1H3,(H,20,22). The molecule has 0 fully saturated rings. The molecule has 1 amide bonds. The van der Waals surface area contributed by atoms with Crippen LogP contribution in [-0.2, 0) is 0 Å². The lowest BCUT2D eigenvalue weighted by molar-refractivity contribution is 0.0768. The second kappa shape index (κ2) is 7.00. The number of nitrogens with zero attached hydrogens (tertiary/aromatic N) is 1. The first kappa shape index (κ1) is 15.8. The highest BCUT2D eigenvalue weighted by Gasteiger charge is 2.14. The molecule has 1 aromatic heterocycles. The van der Waals surface area contributed by atoms with Crippen LogP contribution < -0.4 is 10.3 Å². The first-order valence-corrected chi connectivity index (χ1v) is 7.70. The van der Waals surface area contributed by atoms with Crippen LogP contribution in [0.1, 0.15) is 10.5 Å². The van der Waals surface area contributed by atoms with Crippen LogP contribution in [0, 0.1) is 0 Å². The Morgan fingerprint density at radius 1 is 1.08 bits per heavy atom. The van der Waals surface area contributed by atoms with Gasteiger partial charge in [-0.15, -0.1) is 0 Å². The summed E-state index contributed by atoms with van der Waals surface area (Å²) in [4.78, 5) is 28.7. The Labute approximate surface area is 139 Å². The number of rotatable bonds is 5. The molecule has 1 heterocycles. The molecule has 0 spiro atoms. The Hall–Kier alpha value is -3.08. The highest BCUT2D eigenvalue weighted by molar-refractivity contribution is 5.96. The van der Waals surface area contributed by atoms with Crippen LogP contribution in [0.25, 0.3) is 10.8 Å². The average Bonchev–Trinajstić information content (AvgIpc) is 2.62. The number of hydrogen-bond acceptors (Lipinski definition) is 3. The number of aromatic nitrogens is 1. The zero-order valence-corrected chi connectivity index (χ0v) is 13.4. The number of carbonyl (C=O) groups excluding carboxylic acids is 1. The number of amides is 1. The monoisotopic (exact) mass is 322 g/mol. The maximum atomic E-state index is 12.5. The largest absolute Gasteiger partial charge is 0.492 e. The number of carbonyl (C=O) groups is 1. The maximum absolute atomic E-state index is 12.5. The van der Waals surface area contributed by atoms with Crippen LogP contribution in [0.3, 0.4) is 0 Å². The highest BCUT2D eigenvalue weighted by atomic mass is 16.5. The van der Waals surface area contributed by atoms with Gasteiger partial charge in [0.2, 0.25) is 0 Å². The first-order valence-electron chi connectivity index (χ1n) is 7.70. The summed E-state index contributed by atoms with van der Waals surface area (Å²) < 4.78 is 5.59. The first-order chi connectivity index (χ1) is 11.6. The van der Waals surface area contributed by atoms with E-state index in [9.17, 15) is 9.59 Å². The van der Waals surface area contributed by atoms with Gasteiger partial charge in [-0.05, 0) is 29.7 Å². The number of H-pyrrole nitrogens is 1. The van der Waals surface area contributed by atoms with Crippen molar-refractivity contribution in [3.8, 4) is 5.75 Å². The van der Waals surface area contributed by atoms with Gasteiger partial charge < -0.3 is 14.6 Å². The van der Waals surface area contributed by atoms with E-state index < -0.39 is 0 Å². The molecule has 122 valence electrons. The van der Waals surface area contributed by atoms with Crippen LogP contribution in [0.2, 0.25) is 0 Å². The molecule has 3 aromatic rings. The molecular weight excluding hydrogens is 304 g/mol. The van der Waals surface area contributed by atoms with Crippen molar-refractivity contribution in [3.05, 3.63) is 76.7 Å². The van der Waals surface area contributed by atoms with E-state index >= 15 is 0 Å². The van der Waals surface area contributed by atoms with Crippen molar-refractivity contribution in [2.45, 2.75) is 0 Å². The molecule has 5 nitrogen and oxygen atoms in total. The molecule has 0 aliphatic heterocycles. The highest BCUT2D eigenvalue weighted by Crippen LogP contribution is 2.11. The normalized spacial score (nSPS) is 10.5. The maximum Gasteiger partial charge on any atom is 0.270 e. The Morgan fingerprint density at radius 2 is 1.79 bits per heavy atom. The van der Waals surface area contributed by atoms with E-state index in [0.717, 1.165) is 11.1 Å². The van der Waals surface area contributed by atoms with Crippen molar-refractivity contribution >= 4 is 16.7 Å². The van der Waals surface area contributed by atoms with Crippen molar-refractivity contribution in [3.63, 3.8) is 0 Å². The molecule has 0 saturated heterocycles. The molecule has 0 bridgehead atoms.